The molecule has 0 unspecified atom stereocenters. The molecule has 1 heterocycles. The average Bonchev–Trinajstić information content (AvgIpc) is 3.03. The molecule has 2 aromatic rings. The summed E-state index contributed by atoms with van der Waals surface area (Å²) in [6.45, 7) is 2.28. The first-order valence-corrected chi connectivity index (χ1v) is 8.88. The molecule has 0 bridgehead atoms. The molecule has 1 saturated carbocycles. The van der Waals surface area contributed by atoms with Crippen LogP contribution in [0.4, 0.5) is 11.8 Å². The highest BCUT2D eigenvalue weighted by molar-refractivity contribution is 6.31. The number of benzene rings is 1. The Balaban J connectivity index is 1.83. The van der Waals surface area contributed by atoms with E-state index in [-0.39, 0.29) is 18.6 Å². The van der Waals surface area contributed by atoms with Gasteiger partial charge in [-0.3, -0.25) is 0 Å². The third-order valence-electron chi connectivity index (χ3n) is 4.58. The van der Waals surface area contributed by atoms with Crippen LogP contribution in [0, 0.1) is 12.8 Å². The van der Waals surface area contributed by atoms with Crippen molar-refractivity contribution in [2.24, 2.45) is 5.92 Å². The summed E-state index contributed by atoms with van der Waals surface area (Å²) in [6, 6.07) is 8.48. The van der Waals surface area contributed by atoms with Crippen molar-refractivity contribution in [1.29, 1.82) is 0 Å². The van der Waals surface area contributed by atoms with E-state index in [1.54, 1.807) is 0 Å². The molecule has 1 aliphatic rings. The maximum absolute atomic E-state index is 9.32. The fourth-order valence-electron chi connectivity index (χ4n) is 3.14. The fraction of sp³-hybridized carbons (Fsp3) is 0.368. The quantitative estimate of drug-likeness (QED) is 0.708. The molecule has 0 spiro atoms. The summed E-state index contributed by atoms with van der Waals surface area (Å²) in [6.07, 6.45) is 6.81. The second kappa shape index (κ2) is 7.85. The van der Waals surface area contributed by atoms with Gasteiger partial charge in [0.25, 0.3) is 0 Å². The molecule has 5 nitrogen and oxygen atoms in total. The summed E-state index contributed by atoms with van der Waals surface area (Å²) in [4.78, 5) is 8.40. The van der Waals surface area contributed by atoms with Gasteiger partial charge in [-0.1, -0.05) is 47.5 Å². The maximum Gasteiger partial charge on any atom is 0.223 e. The van der Waals surface area contributed by atoms with E-state index < -0.39 is 0 Å². The number of nitrogens with one attached hydrogen (secondary N) is 1. The molecular formula is C19H23ClN4O. The maximum atomic E-state index is 9.32. The highest BCUT2D eigenvalue weighted by Crippen LogP contribution is 2.31. The van der Waals surface area contributed by atoms with Crippen LogP contribution in [0.2, 0.25) is 5.15 Å². The minimum Gasteiger partial charge on any atom is -0.396 e. The number of aliphatic hydroxyl groups excluding tert-OH is 1. The molecule has 25 heavy (non-hydrogen) atoms. The number of hydrogen-bond acceptors (Lipinski definition) is 5. The first-order chi connectivity index (χ1) is 12.0. The van der Waals surface area contributed by atoms with Gasteiger partial charge in [-0.05, 0) is 43.7 Å². The number of hydrogen-bond donors (Lipinski definition) is 3. The molecule has 0 saturated heterocycles. The number of nitrogens with zero attached hydrogens (tertiary/aromatic N) is 2. The highest BCUT2D eigenvalue weighted by Gasteiger charge is 2.25. The van der Waals surface area contributed by atoms with Gasteiger partial charge in [0.15, 0.2) is 0 Å². The Bertz CT molecular complexity index is 761. The summed E-state index contributed by atoms with van der Waals surface area (Å²) >= 11 is 6.31. The van der Waals surface area contributed by atoms with Crippen LogP contribution in [0.15, 0.2) is 24.3 Å². The van der Waals surface area contributed by atoms with Crippen molar-refractivity contribution < 1.29 is 5.11 Å². The SMILES string of the molecule is Cc1ccc(/C=C/c2c(Cl)nc(N)nc2N[C@H]2CC[C@@H](CO)C2)cc1. The van der Waals surface area contributed by atoms with Gasteiger partial charge in [0.05, 0.1) is 5.56 Å². The van der Waals surface area contributed by atoms with Crippen molar-refractivity contribution in [2.45, 2.75) is 32.2 Å². The summed E-state index contributed by atoms with van der Waals surface area (Å²) < 4.78 is 0. The summed E-state index contributed by atoms with van der Waals surface area (Å²) in [7, 11) is 0. The number of anilines is 2. The molecule has 0 radical (unpaired) electrons. The van der Waals surface area contributed by atoms with Gasteiger partial charge in [0.2, 0.25) is 5.95 Å². The van der Waals surface area contributed by atoms with Gasteiger partial charge < -0.3 is 16.2 Å². The number of nitrogens with two attached hydrogens (primary N) is 1. The van der Waals surface area contributed by atoms with Crippen LogP contribution in [0.1, 0.15) is 36.0 Å². The molecule has 3 rings (SSSR count). The minimum atomic E-state index is 0.150. The summed E-state index contributed by atoms with van der Waals surface area (Å²) in [5, 5.41) is 13.1. The molecule has 1 aromatic carbocycles. The van der Waals surface area contributed by atoms with E-state index in [0.29, 0.717) is 16.9 Å². The van der Waals surface area contributed by atoms with Crippen molar-refractivity contribution in [1.82, 2.24) is 9.97 Å². The van der Waals surface area contributed by atoms with Gasteiger partial charge in [-0.2, -0.15) is 4.98 Å². The van der Waals surface area contributed by atoms with E-state index in [1.807, 2.05) is 24.3 Å². The molecule has 132 valence electrons. The Hall–Kier alpha value is -2.11. The molecule has 6 heteroatoms. The minimum absolute atomic E-state index is 0.150. The lowest BCUT2D eigenvalue weighted by Gasteiger charge is -2.16. The number of rotatable bonds is 5. The van der Waals surface area contributed by atoms with E-state index in [2.05, 4.69) is 34.3 Å². The van der Waals surface area contributed by atoms with Crippen LogP contribution in [-0.2, 0) is 0 Å². The van der Waals surface area contributed by atoms with Crippen molar-refractivity contribution in [3.63, 3.8) is 0 Å². The van der Waals surface area contributed by atoms with E-state index in [9.17, 15) is 5.11 Å². The lowest BCUT2D eigenvalue weighted by molar-refractivity contribution is 0.229. The van der Waals surface area contributed by atoms with Gasteiger partial charge >= 0.3 is 0 Å². The molecule has 4 N–H and O–H groups in total. The number of aryl methyl sites for hydroxylation is 1. The third kappa shape index (κ3) is 4.50. The molecule has 0 aliphatic heterocycles. The molecule has 2 atom stereocenters. The van der Waals surface area contributed by atoms with Gasteiger partial charge in [0.1, 0.15) is 11.0 Å². The van der Waals surface area contributed by atoms with Crippen LogP contribution in [0.5, 0.6) is 0 Å². The number of halogens is 1. The van der Waals surface area contributed by atoms with Gasteiger partial charge in [-0.15, -0.1) is 0 Å². The largest absolute Gasteiger partial charge is 0.396 e. The van der Waals surface area contributed by atoms with Crippen molar-refractivity contribution in [2.75, 3.05) is 17.7 Å². The zero-order chi connectivity index (χ0) is 17.8. The highest BCUT2D eigenvalue weighted by atomic mass is 35.5. The number of nitrogen functional groups attached to an aromatic ring is 1. The number of aromatic nitrogens is 2. The van der Waals surface area contributed by atoms with Crippen molar-refractivity contribution in [3.8, 4) is 0 Å². The smallest absolute Gasteiger partial charge is 0.223 e. The van der Waals surface area contributed by atoms with Crippen LogP contribution in [-0.4, -0.2) is 27.7 Å². The van der Waals surface area contributed by atoms with Crippen molar-refractivity contribution >= 4 is 35.5 Å². The fourth-order valence-corrected chi connectivity index (χ4v) is 3.38. The Labute approximate surface area is 153 Å². The summed E-state index contributed by atoms with van der Waals surface area (Å²) in [5.74, 6) is 1.14. The lowest BCUT2D eigenvalue weighted by atomic mass is 10.1. The molecular weight excluding hydrogens is 336 g/mol. The van der Waals surface area contributed by atoms with E-state index in [0.717, 1.165) is 30.4 Å². The van der Waals surface area contributed by atoms with Crippen molar-refractivity contribution in [3.05, 3.63) is 46.1 Å². The Morgan fingerprint density at radius 2 is 2.00 bits per heavy atom. The van der Waals surface area contributed by atoms with E-state index in [4.69, 9.17) is 17.3 Å². The van der Waals surface area contributed by atoms with Gasteiger partial charge in [-0.25, -0.2) is 4.98 Å². The zero-order valence-corrected chi connectivity index (χ0v) is 15.0. The molecule has 1 aromatic heterocycles. The van der Waals surface area contributed by atoms with Crippen LogP contribution in [0.25, 0.3) is 12.2 Å². The normalized spacial score (nSPS) is 20.3. The molecule has 1 aliphatic carbocycles. The van der Waals surface area contributed by atoms with Crippen LogP contribution < -0.4 is 11.1 Å². The second-order valence-corrected chi connectivity index (χ2v) is 6.94. The number of aliphatic hydroxyl groups is 1. The van der Waals surface area contributed by atoms with E-state index in [1.165, 1.54) is 5.56 Å². The van der Waals surface area contributed by atoms with E-state index >= 15 is 0 Å². The first-order valence-electron chi connectivity index (χ1n) is 8.50. The van der Waals surface area contributed by atoms with Crippen LogP contribution >= 0.6 is 11.6 Å². The Morgan fingerprint density at radius 3 is 2.68 bits per heavy atom. The van der Waals surface area contributed by atoms with Crippen LogP contribution in [0.3, 0.4) is 0 Å². The molecule has 1 fully saturated rings. The first kappa shape index (κ1) is 17.7. The average molecular weight is 359 g/mol. The second-order valence-electron chi connectivity index (χ2n) is 6.58. The van der Waals surface area contributed by atoms with Gasteiger partial charge in [0, 0.05) is 12.6 Å². The Morgan fingerprint density at radius 1 is 1.24 bits per heavy atom. The standard InChI is InChI=1S/C19H23ClN4O/c1-12-2-4-13(5-3-12)7-9-16-17(20)23-19(21)24-18(16)22-15-8-6-14(10-15)11-25/h2-5,7,9,14-15,25H,6,8,10-11H2,1H3,(H3,21,22,23,24)/b9-7+/t14-,15+/m1/s1. The predicted octanol–water partition coefficient (Wildman–Crippen LogP) is 3.76. The lowest BCUT2D eigenvalue weighted by Crippen LogP contribution is -2.18. The Kier molecular flexibility index (Phi) is 5.56. The predicted molar refractivity (Wildman–Crippen MR) is 103 cm³/mol. The molecule has 0 amide bonds. The topological polar surface area (TPSA) is 84.1 Å². The summed E-state index contributed by atoms with van der Waals surface area (Å²) in [5.41, 5.74) is 8.79. The third-order valence-corrected chi connectivity index (χ3v) is 4.86. The zero-order valence-electron chi connectivity index (χ0n) is 14.2. The monoisotopic (exact) mass is 358 g/mol.